The monoisotopic (exact) mass is 591 g/mol. The third-order valence-electron chi connectivity index (χ3n) is 6.34. The normalized spacial score (nSPS) is 14.6. The lowest BCUT2D eigenvalue weighted by Crippen LogP contribution is -2.50. The molecule has 0 radical (unpaired) electrons. The average Bonchev–Trinajstić information content (AvgIpc) is 3.37. The van der Waals surface area contributed by atoms with Crippen LogP contribution in [-0.2, 0) is 14.8 Å². The van der Waals surface area contributed by atoms with Crippen LogP contribution in [0.3, 0.4) is 0 Å². The minimum atomic E-state index is -3.77. The molecule has 210 valence electrons. The molecule has 2 aromatic carbocycles. The number of amides is 2. The van der Waals surface area contributed by atoms with Crippen molar-refractivity contribution in [3.63, 3.8) is 0 Å². The molecule has 1 aliphatic heterocycles. The number of benzene rings is 2. The highest BCUT2D eigenvalue weighted by Gasteiger charge is 2.31. The first-order chi connectivity index (χ1) is 18.6. The van der Waals surface area contributed by atoms with E-state index in [1.54, 1.807) is 35.7 Å². The number of likely N-dealkylation sites (N-methyl/N-ethyl adjacent to an activating group) is 1. The highest BCUT2D eigenvalue weighted by Crippen LogP contribution is 2.34. The lowest BCUT2D eigenvalue weighted by molar-refractivity contribution is 0.0933. The molecule has 2 heterocycles. The van der Waals surface area contributed by atoms with E-state index in [0.29, 0.717) is 23.8 Å². The third kappa shape index (κ3) is 6.55. The van der Waals surface area contributed by atoms with Gasteiger partial charge in [-0.3, -0.25) is 9.69 Å². The number of carbonyl (C=O) groups is 2. The number of para-hydroxylation sites is 1. The Morgan fingerprint density at radius 2 is 1.74 bits per heavy atom. The standard InChI is InChI=1S/C26H33N5O5S3/c1-5-36-26(33)29-14-16-30(17-15-29)39(34,35)20-11-9-19(10-12-20)24(32)31(18-13-28(2)3)25-27-23-21(37-4)7-6-8-22(23)38-25/h6-12H,5,13-18H2,1-4H3. The summed E-state index contributed by atoms with van der Waals surface area (Å²) in [6.07, 6.45) is 1.56. The van der Waals surface area contributed by atoms with E-state index in [1.807, 2.05) is 43.5 Å². The lowest BCUT2D eigenvalue weighted by Gasteiger charge is -2.33. The Morgan fingerprint density at radius 3 is 2.36 bits per heavy atom. The number of nitrogens with zero attached hydrogens (tertiary/aromatic N) is 5. The summed E-state index contributed by atoms with van der Waals surface area (Å²) in [6.45, 7) is 3.95. The molecule has 1 saturated heterocycles. The summed E-state index contributed by atoms with van der Waals surface area (Å²) < 4.78 is 33.9. The second-order valence-corrected chi connectivity index (χ2v) is 13.0. The molecule has 0 aliphatic carbocycles. The Balaban J connectivity index is 1.54. The van der Waals surface area contributed by atoms with Crippen LogP contribution < -0.4 is 4.90 Å². The fourth-order valence-corrected chi connectivity index (χ4v) is 7.24. The first kappa shape index (κ1) is 29.3. The Labute approximate surface area is 237 Å². The Kier molecular flexibility index (Phi) is 9.49. The molecule has 1 aromatic heterocycles. The summed E-state index contributed by atoms with van der Waals surface area (Å²) in [7, 11) is 0.113. The molecule has 2 amide bonds. The molecule has 3 aromatic rings. The first-order valence-electron chi connectivity index (χ1n) is 12.6. The minimum Gasteiger partial charge on any atom is -0.450 e. The van der Waals surface area contributed by atoms with Gasteiger partial charge in [-0.25, -0.2) is 18.2 Å². The number of rotatable bonds is 9. The lowest BCUT2D eigenvalue weighted by atomic mass is 10.2. The van der Waals surface area contributed by atoms with E-state index in [2.05, 4.69) is 0 Å². The van der Waals surface area contributed by atoms with E-state index in [4.69, 9.17) is 9.72 Å². The number of hydrogen-bond donors (Lipinski definition) is 0. The number of sulfonamides is 1. The molecule has 10 nitrogen and oxygen atoms in total. The number of thioether (sulfide) groups is 1. The van der Waals surface area contributed by atoms with Gasteiger partial charge >= 0.3 is 6.09 Å². The van der Waals surface area contributed by atoms with E-state index in [1.165, 1.54) is 32.7 Å². The van der Waals surface area contributed by atoms with Gasteiger partial charge in [-0.1, -0.05) is 17.4 Å². The van der Waals surface area contributed by atoms with Crippen molar-refractivity contribution in [3.8, 4) is 0 Å². The van der Waals surface area contributed by atoms with E-state index in [0.717, 1.165) is 15.1 Å². The second-order valence-electron chi connectivity index (χ2n) is 9.18. The highest BCUT2D eigenvalue weighted by atomic mass is 32.2. The van der Waals surface area contributed by atoms with E-state index < -0.39 is 16.1 Å². The number of carbonyl (C=O) groups excluding carboxylic acids is 2. The number of hydrogen-bond acceptors (Lipinski definition) is 9. The maximum atomic E-state index is 13.7. The van der Waals surface area contributed by atoms with Crippen LogP contribution >= 0.6 is 23.1 Å². The molecule has 1 fully saturated rings. The zero-order chi connectivity index (χ0) is 28.2. The Bertz CT molecular complexity index is 1420. The van der Waals surface area contributed by atoms with Crippen molar-refractivity contribution in [3.05, 3.63) is 48.0 Å². The molecule has 4 rings (SSSR count). The molecule has 0 atom stereocenters. The van der Waals surface area contributed by atoms with Gasteiger partial charge in [0.15, 0.2) is 5.13 Å². The van der Waals surface area contributed by atoms with Gasteiger partial charge in [0.05, 0.1) is 21.7 Å². The highest BCUT2D eigenvalue weighted by molar-refractivity contribution is 7.98. The Morgan fingerprint density at radius 1 is 1.05 bits per heavy atom. The fraction of sp³-hybridized carbons (Fsp3) is 0.423. The molecule has 13 heteroatoms. The van der Waals surface area contributed by atoms with Gasteiger partial charge in [0.1, 0.15) is 0 Å². The molecular weight excluding hydrogens is 559 g/mol. The van der Waals surface area contributed by atoms with Crippen LogP contribution in [0.1, 0.15) is 17.3 Å². The van der Waals surface area contributed by atoms with Crippen LogP contribution in [0.15, 0.2) is 52.3 Å². The topological polar surface area (TPSA) is 103 Å². The SMILES string of the molecule is CCOC(=O)N1CCN(S(=O)(=O)c2ccc(C(=O)N(CCN(C)C)c3nc4c(SC)cccc4s3)cc2)CC1. The molecule has 0 unspecified atom stereocenters. The molecular formula is C26H33N5O5S3. The van der Waals surface area contributed by atoms with Crippen molar-refractivity contribution in [2.75, 3.05) is 71.1 Å². The Hall–Kier alpha value is -2.71. The van der Waals surface area contributed by atoms with Gasteiger partial charge in [-0.15, -0.1) is 11.8 Å². The second kappa shape index (κ2) is 12.6. The average molecular weight is 592 g/mol. The number of fused-ring (bicyclic) bond motifs is 1. The van der Waals surface area contributed by atoms with Crippen molar-refractivity contribution in [1.82, 2.24) is 19.1 Å². The molecule has 0 spiro atoms. The van der Waals surface area contributed by atoms with Crippen LogP contribution in [-0.4, -0.2) is 106 Å². The number of thiazole rings is 1. The van der Waals surface area contributed by atoms with Crippen molar-refractivity contribution in [1.29, 1.82) is 0 Å². The predicted molar refractivity (Wildman–Crippen MR) is 155 cm³/mol. The van der Waals surface area contributed by atoms with Crippen LogP contribution in [0.5, 0.6) is 0 Å². The summed E-state index contributed by atoms with van der Waals surface area (Å²) in [5, 5.41) is 0.606. The number of piperazine rings is 1. The zero-order valence-electron chi connectivity index (χ0n) is 22.5. The van der Waals surface area contributed by atoms with Crippen LogP contribution in [0.4, 0.5) is 9.93 Å². The van der Waals surface area contributed by atoms with Crippen LogP contribution in [0.25, 0.3) is 10.2 Å². The fourth-order valence-electron chi connectivity index (χ4n) is 4.18. The first-order valence-corrected chi connectivity index (χ1v) is 16.1. The maximum absolute atomic E-state index is 13.7. The molecule has 0 bridgehead atoms. The van der Waals surface area contributed by atoms with Gasteiger partial charge < -0.3 is 14.5 Å². The summed E-state index contributed by atoms with van der Waals surface area (Å²) in [5.41, 5.74) is 1.25. The van der Waals surface area contributed by atoms with Crippen molar-refractivity contribution in [2.24, 2.45) is 0 Å². The number of anilines is 1. The quantitative estimate of drug-likeness (QED) is 0.347. The molecule has 1 aliphatic rings. The van der Waals surface area contributed by atoms with E-state index >= 15 is 0 Å². The van der Waals surface area contributed by atoms with E-state index in [-0.39, 0.29) is 43.6 Å². The van der Waals surface area contributed by atoms with E-state index in [9.17, 15) is 18.0 Å². The third-order valence-corrected chi connectivity index (χ3v) is 10.1. The van der Waals surface area contributed by atoms with Crippen LogP contribution in [0.2, 0.25) is 0 Å². The zero-order valence-corrected chi connectivity index (χ0v) is 24.9. The molecule has 0 saturated carbocycles. The predicted octanol–water partition coefficient (Wildman–Crippen LogP) is 3.69. The van der Waals surface area contributed by atoms with Gasteiger partial charge in [0.2, 0.25) is 10.0 Å². The van der Waals surface area contributed by atoms with Crippen molar-refractivity contribution >= 4 is 60.5 Å². The smallest absolute Gasteiger partial charge is 0.409 e. The van der Waals surface area contributed by atoms with Crippen molar-refractivity contribution < 1.29 is 22.7 Å². The number of aromatic nitrogens is 1. The summed E-state index contributed by atoms with van der Waals surface area (Å²) in [4.78, 5) is 36.7. The molecule has 39 heavy (non-hydrogen) atoms. The van der Waals surface area contributed by atoms with Crippen molar-refractivity contribution in [2.45, 2.75) is 16.7 Å². The summed E-state index contributed by atoms with van der Waals surface area (Å²) in [5.74, 6) is -0.242. The van der Waals surface area contributed by atoms with Gasteiger partial charge in [-0.05, 0) is 63.7 Å². The van der Waals surface area contributed by atoms with Gasteiger partial charge in [0.25, 0.3) is 5.91 Å². The van der Waals surface area contributed by atoms with Gasteiger partial charge in [-0.2, -0.15) is 4.31 Å². The van der Waals surface area contributed by atoms with Crippen LogP contribution in [0, 0.1) is 0 Å². The molecule has 0 N–H and O–H groups in total. The number of ether oxygens (including phenoxy) is 1. The summed E-state index contributed by atoms with van der Waals surface area (Å²) in [6, 6.07) is 12.0. The largest absolute Gasteiger partial charge is 0.450 e. The minimum absolute atomic E-state index is 0.105. The maximum Gasteiger partial charge on any atom is 0.409 e. The summed E-state index contributed by atoms with van der Waals surface area (Å²) >= 11 is 3.08. The van der Waals surface area contributed by atoms with Gasteiger partial charge in [0, 0.05) is 49.7 Å².